The normalized spacial score (nSPS) is 14.3. The molecular formula is C21H28N6O7. The summed E-state index contributed by atoms with van der Waals surface area (Å²) in [5.41, 5.74) is 7.05. The summed E-state index contributed by atoms with van der Waals surface area (Å²) in [5, 5.41) is 35.1. The lowest BCUT2D eigenvalue weighted by atomic mass is 10.1. The molecule has 1 aromatic heterocycles. The average molecular weight is 476 g/mol. The number of benzene rings is 1. The second kappa shape index (κ2) is 12.3. The minimum Gasteiger partial charge on any atom is -0.508 e. The Morgan fingerprint density at radius 2 is 1.65 bits per heavy atom. The molecule has 2 rings (SSSR count). The third-order valence-corrected chi connectivity index (χ3v) is 4.89. The molecule has 1 heterocycles. The highest BCUT2D eigenvalue weighted by atomic mass is 16.4. The van der Waals surface area contributed by atoms with Crippen LogP contribution in [0.3, 0.4) is 0 Å². The third kappa shape index (κ3) is 7.86. The molecule has 0 fully saturated rings. The molecule has 34 heavy (non-hydrogen) atoms. The van der Waals surface area contributed by atoms with E-state index in [0.717, 1.165) is 0 Å². The summed E-state index contributed by atoms with van der Waals surface area (Å²) in [6.07, 6.45) is 2.84. The molecule has 13 nitrogen and oxygen atoms in total. The number of H-pyrrole nitrogens is 1. The molecule has 184 valence electrons. The van der Waals surface area contributed by atoms with Gasteiger partial charge in [-0.05, 0) is 31.0 Å². The number of imidazole rings is 1. The number of phenolic OH excluding ortho intramolecular Hbond substituents is 1. The van der Waals surface area contributed by atoms with Crippen molar-refractivity contribution in [3.05, 3.63) is 48.0 Å². The molecular weight excluding hydrogens is 448 g/mol. The van der Waals surface area contributed by atoms with E-state index in [0.29, 0.717) is 11.3 Å². The molecule has 0 saturated heterocycles. The van der Waals surface area contributed by atoms with Gasteiger partial charge in [-0.15, -0.1) is 0 Å². The van der Waals surface area contributed by atoms with Crippen LogP contribution in [0, 0.1) is 0 Å². The van der Waals surface area contributed by atoms with Gasteiger partial charge in [0.05, 0.1) is 19.0 Å². The molecule has 1 aromatic carbocycles. The van der Waals surface area contributed by atoms with Crippen LogP contribution in [-0.4, -0.2) is 79.8 Å². The van der Waals surface area contributed by atoms with Crippen LogP contribution in [0.25, 0.3) is 0 Å². The van der Waals surface area contributed by atoms with Gasteiger partial charge in [0.15, 0.2) is 0 Å². The summed E-state index contributed by atoms with van der Waals surface area (Å²) < 4.78 is 0. The number of carboxylic acid groups (broad SMARTS) is 1. The lowest BCUT2D eigenvalue weighted by Gasteiger charge is -2.22. The Kier molecular flexibility index (Phi) is 9.52. The highest BCUT2D eigenvalue weighted by Gasteiger charge is 2.28. The number of carbonyl (C=O) groups is 4. The number of amides is 3. The molecule has 2 aromatic rings. The number of nitrogens with zero attached hydrogens (tertiary/aromatic N) is 1. The number of carboxylic acids is 1. The van der Waals surface area contributed by atoms with Gasteiger partial charge in [-0.25, -0.2) is 9.78 Å². The van der Waals surface area contributed by atoms with Gasteiger partial charge in [0, 0.05) is 18.3 Å². The van der Waals surface area contributed by atoms with Crippen molar-refractivity contribution in [3.63, 3.8) is 0 Å². The van der Waals surface area contributed by atoms with E-state index >= 15 is 0 Å². The predicted molar refractivity (Wildman–Crippen MR) is 118 cm³/mol. The quantitative estimate of drug-likeness (QED) is 0.166. The van der Waals surface area contributed by atoms with Gasteiger partial charge in [-0.1, -0.05) is 12.1 Å². The standard InChI is InChI=1S/C21H28N6O7/c1-11(25-19(31)15(22)6-12-2-4-14(29)5-3-12)18(30)27-17(9-28)20(32)26-16(21(33)34)7-13-8-23-10-24-13/h2-5,8,10-11,15-17,28-29H,6-7,9,22H2,1H3,(H,23,24)(H,25,31)(H,26,32)(H,27,30)(H,33,34). The number of nitrogens with two attached hydrogens (primary N) is 1. The number of aliphatic hydroxyl groups excluding tert-OH is 1. The second-order valence-electron chi connectivity index (χ2n) is 7.63. The molecule has 0 bridgehead atoms. The van der Waals surface area contributed by atoms with Crippen molar-refractivity contribution in [2.24, 2.45) is 5.73 Å². The van der Waals surface area contributed by atoms with E-state index in [9.17, 15) is 34.5 Å². The topological polar surface area (TPSA) is 220 Å². The van der Waals surface area contributed by atoms with Gasteiger partial charge < -0.3 is 42.0 Å². The minimum absolute atomic E-state index is 0.0746. The Morgan fingerprint density at radius 3 is 2.21 bits per heavy atom. The summed E-state index contributed by atoms with van der Waals surface area (Å²) in [4.78, 5) is 55.2. The molecule has 0 saturated carbocycles. The maximum absolute atomic E-state index is 12.4. The number of hydrogen-bond donors (Lipinski definition) is 8. The molecule has 4 atom stereocenters. The maximum Gasteiger partial charge on any atom is 0.326 e. The minimum atomic E-state index is -1.44. The molecule has 0 radical (unpaired) electrons. The monoisotopic (exact) mass is 476 g/mol. The summed E-state index contributed by atoms with van der Waals surface area (Å²) in [6.45, 7) is 0.570. The first-order valence-corrected chi connectivity index (χ1v) is 10.4. The lowest BCUT2D eigenvalue weighted by Crippen LogP contribution is -2.57. The van der Waals surface area contributed by atoms with Crippen LogP contribution in [0.15, 0.2) is 36.8 Å². The zero-order valence-corrected chi connectivity index (χ0v) is 18.4. The Morgan fingerprint density at radius 1 is 1.00 bits per heavy atom. The van der Waals surface area contributed by atoms with Crippen LogP contribution < -0.4 is 21.7 Å². The molecule has 0 aliphatic carbocycles. The van der Waals surface area contributed by atoms with Crippen LogP contribution in [0.1, 0.15) is 18.2 Å². The number of carbonyl (C=O) groups excluding carboxylic acids is 3. The van der Waals surface area contributed by atoms with E-state index in [4.69, 9.17) is 5.73 Å². The fourth-order valence-electron chi connectivity index (χ4n) is 2.94. The van der Waals surface area contributed by atoms with Crippen LogP contribution in [-0.2, 0) is 32.0 Å². The van der Waals surface area contributed by atoms with Crippen molar-refractivity contribution in [3.8, 4) is 5.75 Å². The summed E-state index contributed by atoms with van der Waals surface area (Å²) in [7, 11) is 0. The van der Waals surface area contributed by atoms with Crippen molar-refractivity contribution in [1.82, 2.24) is 25.9 Å². The van der Waals surface area contributed by atoms with Crippen LogP contribution in [0.4, 0.5) is 0 Å². The number of aromatic nitrogens is 2. The number of aliphatic carboxylic acids is 1. The fraction of sp³-hybridized carbons (Fsp3) is 0.381. The molecule has 0 aliphatic heterocycles. The predicted octanol–water partition coefficient (Wildman–Crippen LogP) is -2.22. The van der Waals surface area contributed by atoms with Gasteiger partial charge in [-0.3, -0.25) is 14.4 Å². The second-order valence-corrected chi connectivity index (χ2v) is 7.63. The Balaban J connectivity index is 1.89. The zero-order valence-electron chi connectivity index (χ0n) is 18.4. The molecule has 9 N–H and O–H groups in total. The summed E-state index contributed by atoms with van der Waals surface area (Å²) in [5.74, 6) is -3.55. The van der Waals surface area contributed by atoms with Gasteiger partial charge in [0.25, 0.3) is 0 Å². The van der Waals surface area contributed by atoms with Crippen molar-refractivity contribution in [2.45, 2.75) is 43.9 Å². The van der Waals surface area contributed by atoms with Crippen molar-refractivity contribution in [2.75, 3.05) is 6.61 Å². The van der Waals surface area contributed by atoms with E-state index in [2.05, 4.69) is 25.9 Å². The van der Waals surface area contributed by atoms with E-state index in [1.54, 1.807) is 12.1 Å². The number of aromatic hydroxyl groups is 1. The fourth-order valence-corrected chi connectivity index (χ4v) is 2.94. The Labute approximate surface area is 194 Å². The zero-order chi connectivity index (χ0) is 25.3. The van der Waals surface area contributed by atoms with E-state index in [-0.39, 0.29) is 18.6 Å². The van der Waals surface area contributed by atoms with Gasteiger partial charge in [0.1, 0.15) is 23.9 Å². The van der Waals surface area contributed by atoms with Crippen molar-refractivity contribution >= 4 is 23.7 Å². The first-order chi connectivity index (χ1) is 16.1. The highest BCUT2D eigenvalue weighted by Crippen LogP contribution is 2.11. The third-order valence-electron chi connectivity index (χ3n) is 4.89. The molecule has 3 amide bonds. The number of aliphatic hydroxyl groups is 1. The maximum atomic E-state index is 12.4. The van der Waals surface area contributed by atoms with E-state index in [1.807, 2.05) is 0 Å². The summed E-state index contributed by atoms with van der Waals surface area (Å²) >= 11 is 0. The first-order valence-electron chi connectivity index (χ1n) is 10.4. The van der Waals surface area contributed by atoms with Crippen LogP contribution in [0.2, 0.25) is 0 Å². The SMILES string of the molecule is CC(NC(=O)C(N)Cc1ccc(O)cc1)C(=O)NC(CO)C(=O)NC(Cc1cnc[nH]1)C(=O)O. The number of nitrogens with one attached hydrogen (secondary N) is 4. The molecule has 13 heteroatoms. The van der Waals surface area contributed by atoms with Crippen LogP contribution in [0.5, 0.6) is 5.75 Å². The number of phenols is 1. The van der Waals surface area contributed by atoms with Crippen LogP contribution >= 0.6 is 0 Å². The number of rotatable bonds is 12. The first kappa shape index (κ1) is 26.3. The van der Waals surface area contributed by atoms with Gasteiger partial charge in [0.2, 0.25) is 17.7 Å². The molecule has 0 spiro atoms. The van der Waals surface area contributed by atoms with Crippen molar-refractivity contribution < 1.29 is 34.5 Å². The number of aromatic amines is 1. The Hall–Kier alpha value is -3.97. The highest BCUT2D eigenvalue weighted by molar-refractivity contribution is 5.94. The van der Waals surface area contributed by atoms with Gasteiger partial charge in [-0.2, -0.15) is 0 Å². The smallest absolute Gasteiger partial charge is 0.326 e. The van der Waals surface area contributed by atoms with Gasteiger partial charge >= 0.3 is 5.97 Å². The Bertz CT molecular complexity index is 980. The molecule has 4 unspecified atom stereocenters. The lowest BCUT2D eigenvalue weighted by molar-refractivity contribution is -0.142. The van der Waals surface area contributed by atoms with E-state index in [1.165, 1.54) is 31.6 Å². The average Bonchev–Trinajstić information content (AvgIpc) is 3.31. The number of hydrogen-bond acceptors (Lipinski definition) is 8. The summed E-state index contributed by atoms with van der Waals surface area (Å²) in [6, 6.07) is 1.30. The molecule has 0 aliphatic rings. The largest absolute Gasteiger partial charge is 0.508 e. The van der Waals surface area contributed by atoms with Crippen molar-refractivity contribution in [1.29, 1.82) is 0 Å². The van der Waals surface area contributed by atoms with E-state index < -0.39 is 54.5 Å².